The van der Waals surface area contributed by atoms with Crippen molar-refractivity contribution in [2.45, 2.75) is 12.6 Å². The lowest BCUT2D eigenvalue weighted by Gasteiger charge is -2.06. The zero-order valence-corrected chi connectivity index (χ0v) is 9.92. The molecule has 0 unspecified atom stereocenters. The lowest BCUT2D eigenvalue weighted by molar-refractivity contribution is -0.137. The SMILES string of the molecule is OCCc1nc(-c2ccc(C(F)(F)F)cc2)ns1. The molecule has 1 aromatic carbocycles. The van der Waals surface area contributed by atoms with Crippen LogP contribution in [0.3, 0.4) is 0 Å². The molecule has 0 aliphatic carbocycles. The minimum atomic E-state index is -4.34. The first-order chi connectivity index (χ1) is 8.50. The van der Waals surface area contributed by atoms with Crippen molar-refractivity contribution in [2.75, 3.05) is 6.61 Å². The van der Waals surface area contributed by atoms with Gasteiger partial charge in [0.2, 0.25) is 0 Å². The van der Waals surface area contributed by atoms with E-state index in [2.05, 4.69) is 9.36 Å². The third-order valence-corrected chi connectivity index (χ3v) is 3.03. The van der Waals surface area contributed by atoms with Gasteiger partial charge in [0.15, 0.2) is 5.82 Å². The van der Waals surface area contributed by atoms with Gasteiger partial charge in [0.05, 0.1) is 5.56 Å². The molecule has 2 aromatic rings. The molecule has 0 amide bonds. The summed E-state index contributed by atoms with van der Waals surface area (Å²) in [6.45, 7) is -0.0261. The Balaban J connectivity index is 2.23. The highest BCUT2D eigenvalue weighted by Gasteiger charge is 2.30. The van der Waals surface area contributed by atoms with Crippen molar-refractivity contribution >= 4 is 11.5 Å². The first kappa shape index (κ1) is 13.0. The molecule has 0 radical (unpaired) electrons. The summed E-state index contributed by atoms with van der Waals surface area (Å²) < 4.78 is 41.1. The van der Waals surface area contributed by atoms with Crippen LogP contribution in [0, 0.1) is 0 Å². The van der Waals surface area contributed by atoms with Crippen LogP contribution in [0.15, 0.2) is 24.3 Å². The van der Waals surface area contributed by atoms with E-state index in [4.69, 9.17) is 5.11 Å². The number of hydrogen-bond acceptors (Lipinski definition) is 4. The van der Waals surface area contributed by atoms with Gasteiger partial charge in [0.25, 0.3) is 0 Å². The number of aliphatic hydroxyl groups is 1. The van der Waals surface area contributed by atoms with Crippen LogP contribution in [0.2, 0.25) is 0 Å². The standard InChI is InChI=1S/C11H9F3N2OS/c12-11(13,14)8-3-1-7(2-4-8)10-15-9(5-6-17)18-16-10/h1-4,17H,5-6H2. The van der Waals surface area contributed by atoms with Crippen molar-refractivity contribution in [2.24, 2.45) is 0 Å². The van der Waals surface area contributed by atoms with Crippen LogP contribution >= 0.6 is 11.5 Å². The molecule has 0 aliphatic heterocycles. The summed E-state index contributed by atoms with van der Waals surface area (Å²) in [7, 11) is 0. The van der Waals surface area contributed by atoms with E-state index in [-0.39, 0.29) is 6.61 Å². The molecule has 7 heteroatoms. The zero-order chi connectivity index (χ0) is 13.2. The Hall–Kier alpha value is -1.47. The summed E-state index contributed by atoms with van der Waals surface area (Å²) in [4.78, 5) is 4.13. The summed E-state index contributed by atoms with van der Waals surface area (Å²) in [6, 6.07) is 4.69. The van der Waals surface area contributed by atoms with Gasteiger partial charge in [-0.15, -0.1) is 0 Å². The predicted octanol–water partition coefficient (Wildman–Crippen LogP) is 2.76. The first-order valence-electron chi connectivity index (χ1n) is 5.12. The fourth-order valence-corrected chi connectivity index (χ4v) is 2.03. The largest absolute Gasteiger partial charge is 0.416 e. The summed E-state index contributed by atoms with van der Waals surface area (Å²) in [6.07, 6.45) is -3.94. The third-order valence-electron chi connectivity index (χ3n) is 2.26. The van der Waals surface area contributed by atoms with Crippen molar-refractivity contribution in [1.82, 2.24) is 9.36 Å². The molecular formula is C11H9F3N2OS. The molecule has 1 heterocycles. The Labute approximate surface area is 105 Å². The fourth-order valence-electron chi connectivity index (χ4n) is 1.38. The molecule has 3 nitrogen and oxygen atoms in total. The summed E-state index contributed by atoms with van der Waals surface area (Å²) in [5, 5.41) is 9.40. The number of nitrogens with zero attached hydrogens (tertiary/aromatic N) is 2. The molecule has 0 saturated heterocycles. The lowest BCUT2D eigenvalue weighted by atomic mass is 10.1. The van der Waals surface area contributed by atoms with Crippen molar-refractivity contribution in [1.29, 1.82) is 0 Å². The molecule has 0 fully saturated rings. The van der Waals surface area contributed by atoms with E-state index in [1.165, 1.54) is 12.1 Å². The van der Waals surface area contributed by atoms with Crippen LogP contribution in [-0.2, 0) is 12.6 Å². The summed E-state index contributed by atoms with van der Waals surface area (Å²) in [5.74, 6) is 0.386. The number of rotatable bonds is 3. The van der Waals surface area contributed by atoms with E-state index < -0.39 is 11.7 Å². The monoisotopic (exact) mass is 274 g/mol. The van der Waals surface area contributed by atoms with Gasteiger partial charge in [-0.1, -0.05) is 12.1 Å². The Morgan fingerprint density at radius 1 is 1.17 bits per heavy atom. The highest BCUT2D eigenvalue weighted by molar-refractivity contribution is 7.05. The average Bonchev–Trinajstić information content (AvgIpc) is 2.77. The van der Waals surface area contributed by atoms with Crippen LogP contribution in [0.1, 0.15) is 10.6 Å². The highest BCUT2D eigenvalue weighted by Crippen LogP contribution is 2.30. The van der Waals surface area contributed by atoms with E-state index in [1.807, 2.05) is 0 Å². The smallest absolute Gasteiger partial charge is 0.396 e. The van der Waals surface area contributed by atoms with Gasteiger partial charge in [0, 0.05) is 18.6 Å². The van der Waals surface area contributed by atoms with Gasteiger partial charge in [0.1, 0.15) is 5.01 Å². The summed E-state index contributed by atoms with van der Waals surface area (Å²) in [5.41, 5.74) is -0.166. The third kappa shape index (κ3) is 2.85. The van der Waals surface area contributed by atoms with Crippen molar-refractivity contribution in [3.8, 4) is 11.4 Å². The quantitative estimate of drug-likeness (QED) is 0.936. The number of alkyl halides is 3. The Morgan fingerprint density at radius 3 is 2.39 bits per heavy atom. The van der Waals surface area contributed by atoms with E-state index >= 15 is 0 Å². The van der Waals surface area contributed by atoms with Crippen LogP contribution in [-0.4, -0.2) is 21.1 Å². The minimum Gasteiger partial charge on any atom is -0.396 e. The molecule has 96 valence electrons. The van der Waals surface area contributed by atoms with Gasteiger partial charge in [-0.25, -0.2) is 4.98 Å². The topological polar surface area (TPSA) is 46.0 Å². The molecule has 0 aliphatic rings. The molecule has 18 heavy (non-hydrogen) atoms. The maximum atomic E-state index is 12.4. The second-order valence-corrected chi connectivity index (χ2v) is 4.40. The minimum absolute atomic E-state index is 0.0261. The second-order valence-electron chi connectivity index (χ2n) is 3.56. The van der Waals surface area contributed by atoms with Crippen LogP contribution in [0.5, 0.6) is 0 Å². The Bertz CT molecular complexity index is 522. The van der Waals surface area contributed by atoms with E-state index in [1.54, 1.807) is 0 Å². The van der Waals surface area contributed by atoms with Gasteiger partial charge in [-0.3, -0.25) is 0 Å². The maximum Gasteiger partial charge on any atom is 0.416 e. The Morgan fingerprint density at radius 2 is 1.83 bits per heavy atom. The zero-order valence-electron chi connectivity index (χ0n) is 9.11. The molecule has 0 bridgehead atoms. The van der Waals surface area contributed by atoms with Crippen LogP contribution in [0.25, 0.3) is 11.4 Å². The fraction of sp³-hybridized carbons (Fsp3) is 0.273. The maximum absolute atomic E-state index is 12.4. The number of benzene rings is 1. The molecular weight excluding hydrogens is 265 g/mol. The number of aliphatic hydroxyl groups excluding tert-OH is 1. The van der Waals surface area contributed by atoms with Crippen molar-refractivity contribution < 1.29 is 18.3 Å². The summed E-state index contributed by atoms with van der Waals surface area (Å²) >= 11 is 1.14. The molecule has 1 N–H and O–H groups in total. The number of halogens is 3. The number of hydrogen-bond donors (Lipinski definition) is 1. The number of aromatic nitrogens is 2. The van der Waals surface area contributed by atoms with Crippen LogP contribution < -0.4 is 0 Å². The van der Waals surface area contributed by atoms with Crippen molar-refractivity contribution in [3.05, 3.63) is 34.8 Å². The highest BCUT2D eigenvalue weighted by atomic mass is 32.1. The van der Waals surface area contributed by atoms with Crippen LogP contribution in [0.4, 0.5) is 13.2 Å². The van der Waals surface area contributed by atoms with Gasteiger partial charge in [-0.05, 0) is 23.7 Å². The van der Waals surface area contributed by atoms with Gasteiger partial charge in [-0.2, -0.15) is 17.5 Å². The molecule has 0 spiro atoms. The molecule has 1 aromatic heterocycles. The van der Waals surface area contributed by atoms with Crippen molar-refractivity contribution in [3.63, 3.8) is 0 Å². The van der Waals surface area contributed by atoms with E-state index in [9.17, 15) is 13.2 Å². The first-order valence-corrected chi connectivity index (χ1v) is 5.89. The van der Waals surface area contributed by atoms with Gasteiger partial charge < -0.3 is 5.11 Å². The lowest BCUT2D eigenvalue weighted by Crippen LogP contribution is -2.04. The normalized spacial score (nSPS) is 11.8. The second kappa shape index (κ2) is 5.03. The molecule has 0 atom stereocenters. The van der Waals surface area contributed by atoms with Gasteiger partial charge >= 0.3 is 6.18 Å². The van der Waals surface area contributed by atoms with E-state index in [0.717, 1.165) is 23.7 Å². The predicted molar refractivity (Wildman–Crippen MR) is 61.1 cm³/mol. The Kier molecular flexibility index (Phi) is 3.63. The van der Waals surface area contributed by atoms with E-state index in [0.29, 0.717) is 22.8 Å². The molecule has 2 rings (SSSR count). The molecule has 0 saturated carbocycles. The average molecular weight is 274 g/mol.